The Morgan fingerprint density at radius 3 is 2.48 bits per heavy atom. The molecule has 1 saturated carbocycles. The lowest BCUT2D eigenvalue weighted by atomic mass is 9.80. The number of aliphatic hydroxyl groups is 1. The van der Waals surface area contributed by atoms with Gasteiger partial charge in [0.2, 0.25) is 12.4 Å². The minimum atomic E-state index is -2.26. The van der Waals surface area contributed by atoms with E-state index in [2.05, 4.69) is 20.4 Å². The highest BCUT2D eigenvalue weighted by Gasteiger charge is 2.50. The molecule has 1 aliphatic carbocycles. The van der Waals surface area contributed by atoms with E-state index in [0.29, 0.717) is 31.8 Å². The Morgan fingerprint density at radius 2 is 1.85 bits per heavy atom. The standard InChI is InChI=1S/C19H23F2N5O/c20-17(21)16-8-12(16)11-25-18(22-23-24-25)26-14-6-7-15(26)10-19(27,9-14)13-4-2-1-3-5-13/h1-5,12,14-17,27H,6-11H2/t12-,14?,15?,16+,19?/m0/s1. The van der Waals surface area contributed by atoms with Gasteiger partial charge in [-0.2, -0.15) is 0 Å². The van der Waals surface area contributed by atoms with Gasteiger partial charge < -0.3 is 10.0 Å². The van der Waals surface area contributed by atoms with Crippen LogP contribution in [0.15, 0.2) is 30.3 Å². The molecule has 3 aliphatic rings. The lowest BCUT2D eigenvalue weighted by molar-refractivity contribution is -0.00358. The van der Waals surface area contributed by atoms with Gasteiger partial charge in [-0.25, -0.2) is 13.5 Å². The highest BCUT2D eigenvalue weighted by molar-refractivity contribution is 5.39. The van der Waals surface area contributed by atoms with Crippen molar-refractivity contribution in [1.82, 2.24) is 20.2 Å². The molecule has 8 heteroatoms. The summed E-state index contributed by atoms with van der Waals surface area (Å²) >= 11 is 0. The third kappa shape index (κ3) is 2.90. The van der Waals surface area contributed by atoms with Crippen LogP contribution in [-0.2, 0) is 12.1 Å². The molecule has 0 spiro atoms. The van der Waals surface area contributed by atoms with Crippen LogP contribution in [0.25, 0.3) is 0 Å². The average Bonchev–Trinajstić information content (AvgIpc) is 3.20. The first kappa shape index (κ1) is 17.0. The zero-order valence-corrected chi connectivity index (χ0v) is 15.0. The number of anilines is 1. The van der Waals surface area contributed by atoms with Crippen LogP contribution in [0.1, 0.15) is 37.7 Å². The van der Waals surface area contributed by atoms with Crippen LogP contribution >= 0.6 is 0 Å². The summed E-state index contributed by atoms with van der Waals surface area (Å²) in [7, 11) is 0. The van der Waals surface area contributed by atoms with Gasteiger partial charge in [0.15, 0.2) is 0 Å². The molecule has 2 unspecified atom stereocenters. The molecule has 1 aromatic carbocycles. The van der Waals surface area contributed by atoms with E-state index < -0.39 is 17.9 Å². The maximum absolute atomic E-state index is 12.8. The van der Waals surface area contributed by atoms with Crippen molar-refractivity contribution in [3.63, 3.8) is 0 Å². The Morgan fingerprint density at radius 1 is 1.15 bits per heavy atom. The predicted molar refractivity (Wildman–Crippen MR) is 94.3 cm³/mol. The van der Waals surface area contributed by atoms with E-state index >= 15 is 0 Å². The molecule has 4 atom stereocenters. The van der Waals surface area contributed by atoms with Crippen LogP contribution in [0.4, 0.5) is 14.7 Å². The Kier molecular flexibility index (Phi) is 3.93. The number of rotatable bonds is 5. The lowest BCUT2D eigenvalue weighted by Crippen LogP contribution is -2.50. The van der Waals surface area contributed by atoms with Gasteiger partial charge in [-0.05, 0) is 41.2 Å². The van der Waals surface area contributed by atoms with Gasteiger partial charge in [-0.3, -0.25) is 0 Å². The van der Waals surface area contributed by atoms with E-state index in [1.807, 2.05) is 30.3 Å². The molecule has 3 heterocycles. The first-order valence-electron chi connectivity index (χ1n) is 9.66. The number of aromatic nitrogens is 4. The van der Waals surface area contributed by atoms with E-state index in [4.69, 9.17) is 0 Å². The molecule has 3 fully saturated rings. The van der Waals surface area contributed by atoms with Gasteiger partial charge in [-0.15, -0.1) is 0 Å². The number of nitrogens with zero attached hydrogens (tertiary/aromatic N) is 5. The lowest BCUT2D eigenvalue weighted by Gasteiger charge is -2.44. The van der Waals surface area contributed by atoms with Gasteiger partial charge in [0, 0.05) is 37.4 Å². The summed E-state index contributed by atoms with van der Waals surface area (Å²) in [6.07, 6.45) is 1.50. The summed E-state index contributed by atoms with van der Waals surface area (Å²) in [5.74, 6) is 0.0942. The summed E-state index contributed by atoms with van der Waals surface area (Å²) in [6.45, 7) is 0.441. The predicted octanol–water partition coefficient (Wildman–Crippen LogP) is 2.59. The smallest absolute Gasteiger partial charge is 0.246 e. The second-order valence-electron chi connectivity index (χ2n) is 8.25. The Bertz CT molecular complexity index is 799. The van der Waals surface area contributed by atoms with Gasteiger partial charge in [0.25, 0.3) is 0 Å². The summed E-state index contributed by atoms with van der Waals surface area (Å²) in [4.78, 5) is 2.22. The molecule has 0 amide bonds. The van der Waals surface area contributed by atoms with E-state index in [-0.39, 0.29) is 18.0 Å². The molecule has 6 nitrogen and oxygen atoms in total. The maximum atomic E-state index is 12.8. The number of hydrogen-bond acceptors (Lipinski definition) is 5. The number of piperidine rings is 1. The van der Waals surface area contributed by atoms with Crippen molar-refractivity contribution in [3.05, 3.63) is 35.9 Å². The molecule has 5 rings (SSSR count). The zero-order chi connectivity index (χ0) is 18.6. The molecule has 1 aromatic heterocycles. The van der Waals surface area contributed by atoms with Crippen LogP contribution in [-0.4, -0.2) is 43.8 Å². The first-order chi connectivity index (χ1) is 13.0. The Labute approximate surface area is 156 Å². The summed E-state index contributed by atoms with van der Waals surface area (Å²) in [5, 5.41) is 23.4. The van der Waals surface area contributed by atoms with Gasteiger partial charge >= 0.3 is 0 Å². The van der Waals surface area contributed by atoms with Crippen molar-refractivity contribution in [3.8, 4) is 0 Å². The number of alkyl halides is 2. The second kappa shape index (κ2) is 6.22. The fourth-order valence-electron chi connectivity index (χ4n) is 5.05. The van der Waals surface area contributed by atoms with Crippen LogP contribution in [0.3, 0.4) is 0 Å². The molecule has 1 N–H and O–H groups in total. The summed E-state index contributed by atoms with van der Waals surface area (Å²) in [5.41, 5.74) is 0.123. The monoisotopic (exact) mass is 375 g/mol. The molecular formula is C19H23F2N5O. The van der Waals surface area contributed by atoms with Crippen molar-refractivity contribution >= 4 is 5.95 Å². The highest BCUT2D eigenvalue weighted by atomic mass is 19.3. The highest BCUT2D eigenvalue weighted by Crippen LogP contribution is 2.48. The zero-order valence-electron chi connectivity index (χ0n) is 15.0. The molecule has 27 heavy (non-hydrogen) atoms. The Hall–Kier alpha value is -2.09. The molecular weight excluding hydrogens is 352 g/mol. The van der Waals surface area contributed by atoms with Gasteiger partial charge in [0.1, 0.15) is 0 Å². The molecule has 2 saturated heterocycles. The molecule has 2 aromatic rings. The largest absolute Gasteiger partial charge is 0.385 e. The van der Waals surface area contributed by atoms with E-state index in [9.17, 15) is 13.9 Å². The van der Waals surface area contributed by atoms with Crippen LogP contribution < -0.4 is 4.90 Å². The number of fused-ring (bicyclic) bond motifs is 2. The van der Waals surface area contributed by atoms with Crippen molar-refractivity contribution in [2.24, 2.45) is 11.8 Å². The van der Waals surface area contributed by atoms with Crippen molar-refractivity contribution in [1.29, 1.82) is 0 Å². The van der Waals surface area contributed by atoms with Crippen molar-refractivity contribution in [2.45, 2.75) is 62.8 Å². The quantitative estimate of drug-likeness (QED) is 0.870. The fourth-order valence-corrected chi connectivity index (χ4v) is 5.05. The Balaban J connectivity index is 1.36. The SMILES string of the molecule is OC1(c2ccccc2)CC2CCC(C1)N2c1nnnn1C[C@@H]1C[C@H]1C(F)F. The minimum Gasteiger partial charge on any atom is -0.385 e. The van der Waals surface area contributed by atoms with Crippen LogP contribution in [0.2, 0.25) is 0 Å². The number of benzene rings is 1. The molecule has 144 valence electrons. The fraction of sp³-hybridized carbons (Fsp3) is 0.632. The molecule has 2 aliphatic heterocycles. The normalized spacial score (nSPS) is 35.0. The average molecular weight is 375 g/mol. The van der Waals surface area contributed by atoms with Crippen molar-refractivity contribution in [2.75, 3.05) is 4.90 Å². The minimum absolute atomic E-state index is 0.0454. The third-order valence-corrected chi connectivity index (χ3v) is 6.53. The number of hydrogen-bond donors (Lipinski definition) is 1. The van der Waals surface area contributed by atoms with E-state index in [0.717, 1.165) is 18.4 Å². The topological polar surface area (TPSA) is 67.1 Å². The molecule has 0 radical (unpaired) electrons. The van der Waals surface area contributed by atoms with E-state index in [1.54, 1.807) is 4.68 Å². The summed E-state index contributed by atoms with van der Waals surface area (Å²) in [6, 6.07) is 10.1. The van der Waals surface area contributed by atoms with Gasteiger partial charge in [-0.1, -0.05) is 35.4 Å². The second-order valence-corrected chi connectivity index (χ2v) is 8.25. The van der Waals surface area contributed by atoms with Gasteiger partial charge in [0.05, 0.1) is 5.60 Å². The maximum Gasteiger partial charge on any atom is 0.246 e. The first-order valence-corrected chi connectivity index (χ1v) is 9.66. The van der Waals surface area contributed by atoms with Crippen molar-refractivity contribution < 1.29 is 13.9 Å². The van der Waals surface area contributed by atoms with Crippen LogP contribution in [0.5, 0.6) is 0 Å². The number of halogens is 2. The van der Waals surface area contributed by atoms with Crippen LogP contribution in [0, 0.1) is 11.8 Å². The molecule has 2 bridgehead atoms. The van der Waals surface area contributed by atoms with E-state index in [1.165, 1.54) is 0 Å². The third-order valence-electron chi connectivity index (χ3n) is 6.53. The summed E-state index contributed by atoms with van der Waals surface area (Å²) < 4.78 is 27.4. The number of tetrazole rings is 1.